The van der Waals surface area contributed by atoms with Gasteiger partial charge in [0.2, 0.25) is 0 Å². The fourth-order valence-electron chi connectivity index (χ4n) is 0.963. The molecule has 1 nitrogen and oxygen atoms in total. The van der Waals surface area contributed by atoms with E-state index in [9.17, 15) is 4.39 Å². The summed E-state index contributed by atoms with van der Waals surface area (Å²) in [5.41, 5.74) is 6.90. The van der Waals surface area contributed by atoms with Crippen LogP contribution in [0.2, 0.25) is 0 Å². The number of nitrogen functional groups attached to an aromatic ring is 1. The third-order valence-corrected chi connectivity index (χ3v) is 1.84. The molecule has 0 aliphatic rings. The molecule has 0 aliphatic heterocycles. The van der Waals surface area contributed by atoms with Crippen LogP contribution in [0.5, 0.6) is 0 Å². The fraction of sp³-hybridized carbons (Fsp3) is 0.200. The van der Waals surface area contributed by atoms with Gasteiger partial charge in [-0.2, -0.15) is 0 Å². The Labute approximate surface area is 82.0 Å². The highest BCUT2D eigenvalue weighted by molar-refractivity contribution is 6.17. The van der Waals surface area contributed by atoms with E-state index >= 15 is 0 Å². The fourth-order valence-corrected chi connectivity index (χ4v) is 1.09. The Bertz CT molecular complexity index is 310. The summed E-state index contributed by atoms with van der Waals surface area (Å²) in [5, 5.41) is 0. The van der Waals surface area contributed by atoms with E-state index in [1.807, 2.05) is 6.08 Å². The van der Waals surface area contributed by atoms with Crippen LogP contribution in [0.15, 0.2) is 24.3 Å². The van der Waals surface area contributed by atoms with Gasteiger partial charge in [0.15, 0.2) is 0 Å². The van der Waals surface area contributed by atoms with Crippen LogP contribution < -0.4 is 5.73 Å². The molecule has 0 saturated heterocycles. The summed E-state index contributed by atoms with van der Waals surface area (Å²) >= 11 is 5.48. The number of hydrogen-bond donors (Lipinski definition) is 1. The van der Waals surface area contributed by atoms with Crippen molar-refractivity contribution in [2.75, 3.05) is 11.6 Å². The zero-order valence-electron chi connectivity index (χ0n) is 7.13. The maximum atomic E-state index is 12.7. The summed E-state index contributed by atoms with van der Waals surface area (Å²) in [6.07, 6.45) is 4.41. The van der Waals surface area contributed by atoms with Crippen molar-refractivity contribution >= 4 is 23.4 Å². The highest BCUT2D eigenvalue weighted by Gasteiger charge is 1.96. The van der Waals surface area contributed by atoms with E-state index < -0.39 is 0 Å². The van der Waals surface area contributed by atoms with Crippen molar-refractivity contribution in [2.24, 2.45) is 0 Å². The molecule has 0 unspecified atom stereocenters. The number of halogens is 2. The van der Waals surface area contributed by atoms with E-state index in [1.54, 1.807) is 12.1 Å². The molecule has 1 aromatic rings. The van der Waals surface area contributed by atoms with Gasteiger partial charge in [0.1, 0.15) is 5.82 Å². The van der Waals surface area contributed by atoms with Gasteiger partial charge in [-0.25, -0.2) is 4.39 Å². The molecule has 0 amide bonds. The van der Waals surface area contributed by atoms with Crippen LogP contribution in [-0.2, 0) is 0 Å². The van der Waals surface area contributed by atoms with Gasteiger partial charge < -0.3 is 5.73 Å². The van der Waals surface area contributed by atoms with Crippen LogP contribution in [0, 0.1) is 5.82 Å². The number of hydrogen-bond acceptors (Lipinski definition) is 1. The Balaban J connectivity index is 2.81. The molecule has 70 valence electrons. The molecule has 0 fully saturated rings. The predicted molar refractivity (Wildman–Crippen MR) is 55.2 cm³/mol. The second-order valence-corrected chi connectivity index (χ2v) is 3.03. The zero-order chi connectivity index (χ0) is 9.68. The Kier molecular flexibility index (Phi) is 3.77. The molecule has 0 bridgehead atoms. The van der Waals surface area contributed by atoms with Gasteiger partial charge in [0, 0.05) is 11.6 Å². The van der Waals surface area contributed by atoms with Crippen LogP contribution in [0.3, 0.4) is 0 Å². The van der Waals surface area contributed by atoms with Crippen molar-refractivity contribution in [3.8, 4) is 0 Å². The van der Waals surface area contributed by atoms with Crippen LogP contribution in [0.25, 0.3) is 6.08 Å². The van der Waals surface area contributed by atoms with Crippen LogP contribution in [0.1, 0.15) is 12.0 Å². The minimum atomic E-state index is -0.278. The maximum Gasteiger partial charge on any atom is 0.123 e. The summed E-state index contributed by atoms with van der Waals surface area (Å²) in [5.74, 6) is 0.283. The SMILES string of the molecule is Nc1ccc(F)cc1C=CCCCl. The maximum absolute atomic E-state index is 12.7. The number of benzene rings is 1. The number of allylic oxidation sites excluding steroid dienone is 1. The summed E-state index contributed by atoms with van der Waals surface area (Å²) in [6, 6.07) is 4.30. The number of nitrogens with two attached hydrogens (primary N) is 1. The number of rotatable bonds is 3. The lowest BCUT2D eigenvalue weighted by molar-refractivity contribution is 0.628. The molecule has 0 atom stereocenters. The van der Waals surface area contributed by atoms with Crippen molar-refractivity contribution in [1.82, 2.24) is 0 Å². The summed E-state index contributed by atoms with van der Waals surface area (Å²) in [4.78, 5) is 0. The zero-order valence-corrected chi connectivity index (χ0v) is 7.89. The van der Waals surface area contributed by atoms with Crippen LogP contribution in [-0.4, -0.2) is 5.88 Å². The van der Waals surface area contributed by atoms with Gasteiger partial charge in [-0.05, 0) is 30.2 Å². The summed E-state index contributed by atoms with van der Waals surface area (Å²) in [6.45, 7) is 0. The Hall–Kier alpha value is -1.02. The van der Waals surface area contributed by atoms with Crippen LogP contribution >= 0.6 is 11.6 Å². The molecule has 0 spiro atoms. The molecule has 3 heteroatoms. The lowest BCUT2D eigenvalue weighted by Crippen LogP contribution is -1.89. The minimum absolute atomic E-state index is 0.278. The summed E-state index contributed by atoms with van der Waals surface area (Å²) in [7, 11) is 0. The molecule has 0 aromatic heterocycles. The van der Waals surface area contributed by atoms with E-state index in [4.69, 9.17) is 17.3 Å². The molecule has 13 heavy (non-hydrogen) atoms. The Morgan fingerprint density at radius 2 is 2.23 bits per heavy atom. The van der Waals surface area contributed by atoms with E-state index in [-0.39, 0.29) is 5.82 Å². The first kappa shape index (κ1) is 10.1. The monoisotopic (exact) mass is 199 g/mol. The van der Waals surface area contributed by atoms with Crippen molar-refractivity contribution in [2.45, 2.75) is 6.42 Å². The first-order valence-corrected chi connectivity index (χ1v) is 4.55. The molecular formula is C10H11ClFN. The van der Waals surface area contributed by atoms with Crippen molar-refractivity contribution in [3.05, 3.63) is 35.7 Å². The first-order chi connectivity index (χ1) is 6.24. The van der Waals surface area contributed by atoms with Gasteiger partial charge in [-0.15, -0.1) is 11.6 Å². The first-order valence-electron chi connectivity index (χ1n) is 4.01. The lowest BCUT2D eigenvalue weighted by atomic mass is 10.1. The van der Waals surface area contributed by atoms with Crippen LogP contribution in [0.4, 0.5) is 10.1 Å². The largest absolute Gasteiger partial charge is 0.398 e. The predicted octanol–water partition coefficient (Wildman–Crippen LogP) is 3.05. The second kappa shape index (κ2) is 4.87. The minimum Gasteiger partial charge on any atom is -0.398 e. The molecule has 0 saturated carbocycles. The topological polar surface area (TPSA) is 26.0 Å². The molecular weight excluding hydrogens is 189 g/mol. The van der Waals surface area contributed by atoms with Crippen molar-refractivity contribution in [3.63, 3.8) is 0 Å². The van der Waals surface area contributed by atoms with E-state index in [1.165, 1.54) is 12.1 Å². The molecule has 2 N–H and O–H groups in total. The molecule has 0 radical (unpaired) electrons. The quantitative estimate of drug-likeness (QED) is 0.588. The van der Waals surface area contributed by atoms with E-state index in [0.29, 0.717) is 17.1 Å². The molecule has 0 heterocycles. The van der Waals surface area contributed by atoms with Gasteiger partial charge in [-0.1, -0.05) is 12.2 Å². The Morgan fingerprint density at radius 1 is 1.46 bits per heavy atom. The average Bonchev–Trinajstić information content (AvgIpc) is 2.11. The van der Waals surface area contributed by atoms with Gasteiger partial charge >= 0.3 is 0 Å². The Morgan fingerprint density at radius 3 is 2.92 bits per heavy atom. The van der Waals surface area contributed by atoms with Crippen molar-refractivity contribution < 1.29 is 4.39 Å². The standard InChI is InChI=1S/C10H11ClFN/c11-6-2-1-3-8-7-9(12)4-5-10(8)13/h1,3-5,7H,2,6,13H2. The summed E-state index contributed by atoms with van der Waals surface area (Å²) < 4.78 is 12.7. The van der Waals surface area contributed by atoms with E-state index in [2.05, 4.69) is 0 Å². The smallest absolute Gasteiger partial charge is 0.123 e. The molecule has 1 aromatic carbocycles. The van der Waals surface area contributed by atoms with Gasteiger partial charge in [0.25, 0.3) is 0 Å². The molecule has 0 aliphatic carbocycles. The third-order valence-electron chi connectivity index (χ3n) is 1.62. The highest BCUT2D eigenvalue weighted by atomic mass is 35.5. The second-order valence-electron chi connectivity index (χ2n) is 2.65. The van der Waals surface area contributed by atoms with E-state index in [0.717, 1.165) is 6.42 Å². The number of alkyl halides is 1. The van der Waals surface area contributed by atoms with Crippen molar-refractivity contribution in [1.29, 1.82) is 0 Å². The lowest BCUT2D eigenvalue weighted by Gasteiger charge is -1.99. The van der Waals surface area contributed by atoms with Gasteiger partial charge in [0.05, 0.1) is 0 Å². The van der Waals surface area contributed by atoms with Gasteiger partial charge in [-0.3, -0.25) is 0 Å². The number of anilines is 1. The molecule has 1 rings (SSSR count). The third kappa shape index (κ3) is 3.07. The highest BCUT2D eigenvalue weighted by Crippen LogP contribution is 2.15. The average molecular weight is 200 g/mol. The normalized spacial score (nSPS) is 10.9.